The molecule has 24 heavy (non-hydrogen) atoms. The molecule has 2 heterocycles. The van der Waals surface area contributed by atoms with Crippen LogP contribution in [-0.2, 0) is 9.59 Å². The van der Waals surface area contributed by atoms with E-state index in [2.05, 4.69) is 34.0 Å². The maximum Gasteiger partial charge on any atom is 0.290 e. The van der Waals surface area contributed by atoms with Crippen LogP contribution < -0.4 is 11.1 Å². The van der Waals surface area contributed by atoms with Crippen LogP contribution in [0.3, 0.4) is 0 Å². The molecule has 0 aromatic carbocycles. The third-order valence-electron chi connectivity index (χ3n) is 3.53. The van der Waals surface area contributed by atoms with Gasteiger partial charge in [0.1, 0.15) is 5.82 Å². The first-order valence-corrected chi connectivity index (χ1v) is 7.72. The van der Waals surface area contributed by atoms with Crippen molar-refractivity contribution in [2.45, 2.75) is 32.7 Å². The summed E-state index contributed by atoms with van der Waals surface area (Å²) in [5, 5.41) is 17.1. The molecule has 1 aliphatic heterocycles. The van der Waals surface area contributed by atoms with Gasteiger partial charge in [-0.1, -0.05) is 13.8 Å². The lowest BCUT2D eigenvalue weighted by Gasteiger charge is -2.30. The average molecular weight is 341 g/mol. The molecule has 0 bridgehead atoms. The molecule has 1 atom stereocenters. The Kier molecular flexibility index (Phi) is 11.7. The van der Waals surface area contributed by atoms with Crippen LogP contribution in [0, 0.1) is 5.92 Å². The zero-order chi connectivity index (χ0) is 18.4. The first-order valence-electron chi connectivity index (χ1n) is 7.72. The highest BCUT2D eigenvalue weighted by Crippen LogP contribution is 2.18. The van der Waals surface area contributed by atoms with Crippen molar-refractivity contribution >= 4 is 24.7 Å². The van der Waals surface area contributed by atoms with Gasteiger partial charge in [0.2, 0.25) is 5.95 Å². The molecule has 0 aliphatic carbocycles. The number of rotatable bonds is 5. The molecule has 1 unspecified atom stereocenters. The number of hydrogen-bond donors (Lipinski definition) is 4. The van der Waals surface area contributed by atoms with Gasteiger partial charge in [-0.15, -0.1) is 0 Å². The van der Waals surface area contributed by atoms with E-state index < -0.39 is 0 Å². The lowest BCUT2D eigenvalue weighted by molar-refractivity contribution is -0.123. The normalized spacial score (nSPS) is 14.6. The molecule has 1 saturated heterocycles. The van der Waals surface area contributed by atoms with E-state index in [1.165, 1.54) is 25.9 Å². The van der Waals surface area contributed by atoms with Gasteiger partial charge < -0.3 is 21.3 Å². The number of nitrogen functional groups attached to an aromatic ring is 1. The van der Waals surface area contributed by atoms with Gasteiger partial charge in [-0.25, -0.2) is 4.98 Å². The van der Waals surface area contributed by atoms with Crippen LogP contribution in [0.15, 0.2) is 12.3 Å². The van der Waals surface area contributed by atoms with Crippen molar-refractivity contribution in [1.29, 1.82) is 0 Å². The number of carboxylic acid groups (broad SMARTS) is 2. The summed E-state index contributed by atoms with van der Waals surface area (Å²) in [5.74, 6) is 1.76. The minimum absolute atomic E-state index is 0.250. The van der Waals surface area contributed by atoms with Crippen molar-refractivity contribution < 1.29 is 19.8 Å². The van der Waals surface area contributed by atoms with Gasteiger partial charge in [0.05, 0.1) is 0 Å². The number of nitrogens with one attached hydrogen (secondary N) is 1. The van der Waals surface area contributed by atoms with E-state index in [1.807, 2.05) is 0 Å². The molecule has 0 amide bonds. The summed E-state index contributed by atoms with van der Waals surface area (Å²) in [5.41, 5.74) is 5.65. The Morgan fingerprint density at radius 3 is 2.29 bits per heavy atom. The Morgan fingerprint density at radius 1 is 1.29 bits per heavy atom. The molecular formula is C15H27N5O4. The third-order valence-corrected chi connectivity index (χ3v) is 3.53. The second-order valence-electron chi connectivity index (χ2n) is 5.45. The summed E-state index contributed by atoms with van der Waals surface area (Å²) in [6, 6.07) is 2.24. The van der Waals surface area contributed by atoms with Crippen LogP contribution in [0.2, 0.25) is 0 Å². The number of anilines is 2. The first kappa shape index (κ1) is 21.6. The zero-order valence-corrected chi connectivity index (χ0v) is 14.1. The van der Waals surface area contributed by atoms with Crippen LogP contribution >= 0.6 is 0 Å². The predicted octanol–water partition coefficient (Wildman–Crippen LogP) is 0.993. The molecule has 1 fully saturated rings. The summed E-state index contributed by atoms with van der Waals surface area (Å²) in [4.78, 5) is 27.6. The summed E-state index contributed by atoms with van der Waals surface area (Å²) in [6.07, 6.45) is 4.32. The van der Waals surface area contributed by atoms with Gasteiger partial charge >= 0.3 is 0 Å². The summed E-state index contributed by atoms with van der Waals surface area (Å²) < 4.78 is 0. The van der Waals surface area contributed by atoms with Crippen LogP contribution in [-0.4, -0.2) is 63.7 Å². The Labute approximate surface area is 141 Å². The molecule has 0 saturated carbocycles. The minimum atomic E-state index is -0.250. The van der Waals surface area contributed by atoms with E-state index in [0.717, 1.165) is 6.54 Å². The molecule has 1 aliphatic rings. The fourth-order valence-electron chi connectivity index (χ4n) is 2.51. The Bertz CT molecular complexity index is 461. The van der Waals surface area contributed by atoms with E-state index in [4.69, 9.17) is 25.5 Å². The quantitative estimate of drug-likeness (QED) is 0.577. The van der Waals surface area contributed by atoms with Gasteiger partial charge in [0.25, 0.3) is 12.9 Å². The van der Waals surface area contributed by atoms with Crippen molar-refractivity contribution in [2.24, 2.45) is 5.92 Å². The topological polar surface area (TPSA) is 142 Å². The van der Waals surface area contributed by atoms with Gasteiger partial charge in [0, 0.05) is 18.8 Å². The Balaban J connectivity index is 0.000000772. The van der Waals surface area contributed by atoms with Gasteiger partial charge in [-0.3, -0.25) is 14.5 Å². The first-order chi connectivity index (χ1) is 11.5. The molecule has 0 radical (unpaired) electrons. The number of aromatic nitrogens is 2. The zero-order valence-electron chi connectivity index (χ0n) is 14.1. The van der Waals surface area contributed by atoms with E-state index >= 15 is 0 Å². The summed E-state index contributed by atoms with van der Waals surface area (Å²) in [7, 11) is 0. The highest BCUT2D eigenvalue weighted by atomic mass is 16.3. The second-order valence-corrected chi connectivity index (χ2v) is 5.45. The molecular weight excluding hydrogens is 314 g/mol. The monoisotopic (exact) mass is 341 g/mol. The van der Waals surface area contributed by atoms with E-state index in [0.29, 0.717) is 23.7 Å². The Hall–Kier alpha value is -2.42. The van der Waals surface area contributed by atoms with E-state index in [1.54, 1.807) is 12.3 Å². The number of likely N-dealkylation sites (tertiary alicyclic amines) is 1. The Morgan fingerprint density at radius 2 is 1.83 bits per heavy atom. The lowest BCUT2D eigenvalue weighted by Crippen LogP contribution is -2.42. The average Bonchev–Trinajstić information content (AvgIpc) is 3.03. The van der Waals surface area contributed by atoms with Crippen molar-refractivity contribution in [1.82, 2.24) is 14.9 Å². The fourth-order valence-corrected chi connectivity index (χ4v) is 2.51. The highest BCUT2D eigenvalue weighted by molar-refractivity contribution is 5.35. The van der Waals surface area contributed by atoms with Crippen LogP contribution in [0.1, 0.15) is 26.7 Å². The van der Waals surface area contributed by atoms with Gasteiger partial charge in [-0.2, -0.15) is 4.98 Å². The van der Waals surface area contributed by atoms with Gasteiger partial charge in [0.15, 0.2) is 0 Å². The van der Waals surface area contributed by atoms with Crippen molar-refractivity contribution in [2.75, 3.05) is 30.7 Å². The van der Waals surface area contributed by atoms with Crippen molar-refractivity contribution in [3.05, 3.63) is 12.3 Å². The molecule has 136 valence electrons. The SMILES string of the molecule is CC(C)C(CNc1nccc(N)n1)N1CCCC1.O=CO.O=CO. The molecule has 2 rings (SSSR count). The number of carbonyl (C=O) groups is 2. The minimum Gasteiger partial charge on any atom is -0.483 e. The van der Waals surface area contributed by atoms with Crippen molar-refractivity contribution in [3.8, 4) is 0 Å². The predicted molar refractivity (Wildman–Crippen MR) is 91.8 cm³/mol. The largest absolute Gasteiger partial charge is 0.483 e. The van der Waals surface area contributed by atoms with Crippen LogP contribution in [0.5, 0.6) is 0 Å². The summed E-state index contributed by atoms with van der Waals surface area (Å²) >= 11 is 0. The number of hydrogen-bond acceptors (Lipinski definition) is 7. The summed E-state index contributed by atoms with van der Waals surface area (Å²) in [6.45, 7) is 7.33. The lowest BCUT2D eigenvalue weighted by atomic mass is 10.0. The smallest absolute Gasteiger partial charge is 0.290 e. The number of nitrogens with zero attached hydrogens (tertiary/aromatic N) is 3. The van der Waals surface area contributed by atoms with Crippen LogP contribution in [0.4, 0.5) is 11.8 Å². The van der Waals surface area contributed by atoms with Crippen LogP contribution in [0.25, 0.3) is 0 Å². The van der Waals surface area contributed by atoms with E-state index in [9.17, 15) is 0 Å². The number of nitrogens with two attached hydrogens (primary N) is 1. The molecule has 5 N–H and O–H groups in total. The van der Waals surface area contributed by atoms with Gasteiger partial charge in [-0.05, 0) is 37.9 Å². The third kappa shape index (κ3) is 8.89. The van der Waals surface area contributed by atoms with Crippen molar-refractivity contribution in [3.63, 3.8) is 0 Å². The molecule has 0 spiro atoms. The standard InChI is InChI=1S/C13H23N5.2CH2O2/c1-10(2)11(18-7-3-4-8-18)9-16-13-15-6-5-12(14)17-13;2*2-1-3/h5-6,10-11H,3-4,7-9H2,1-2H3,(H3,14,15,16,17);2*1H,(H,2,3). The van der Waals surface area contributed by atoms with E-state index in [-0.39, 0.29) is 12.9 Å². The maximum atomic E-state index is 8.36. The molecule has 1 aromatic heterocycles. The molecule has 9 heteroatoms. The fraction of sp³-hybridized carbons (Fsp3) is 0.600. The highest BCUT2D eigenvalue weighted by Gasteiger charge is 2.24. The second kappa shape index (κ2) is 13.1. The molecule has 9 nitrogen and oxygen atoms in total. The maximum absolute atomic E-state index is 8.36. The molecule has 1 aromatic rings.